The van der Waals surface area contributed by atoms with Gasteiger partial charge in [-0.05, 0) is 56.8 Å². The highest BCUT2D eigenvalue weighted by Crippen LogP contribution is 2.19. The van der Waals surface area contributed by atoms with Crippen LogP contribution in [-0.2, 0) is 4.79 Å². The van der Waals surface area contributed by atoms with Crippen molar-refractivity contribution >= 4 is 11.8 Å². The summed E-state index contributed by atoms with van der Waals surface area (Å²) in [6.45, 7) is 4.33. The van der Waals surface area contributed by atoms with E-state index in [-0.39, 0.29) is 17.4 Å². The zero-order valence-electron chi connectivity index (χ0n) is 15.3. The molecular formula is C20H28FN3O2. The molecule has 2 saturated heterocycles. The van der Waals surface area contributed by atoms with Gasteiger partial charge >= 0.3 is 0 Å². The van der Waals surface area contributed by atoms with Gasteiger partial charge in [0.15, 0.2) is 0 Å². The van der Waals surface area contributed by atoms with Crippen LogP contribution in [0.25, 0.3) is 0 Å². The molecule has 0 aliphatic carbocycles. The minimum absolute atomic E-state index is 0.109. The van der Waals surface area contributed by atoms with Gasteiger partial charge in [0, 0.05) is 32.6 Å². The largest absolute Gasteiger partial charge is 0.341 e. The topological polar surface area (TPSA) is 52.7 Å². The van der Waals surface area contributed by atoms with Crippen LogP contribution in [0.15, 0.2) is 24.3 Å². The second-order valence-corrected chi connectivity index (χ2v) is 7.24. The van der Waals surface area contributed by atoms with E-state index in [2.05, 4.69) is 5.32 Å². The van der Waals surface area contributed by atoms with Crippen molar-refractivity contribution in [2.45, 2.75) is 32.1 Å². The minimum Gasteiger partial charge on any atom is -0.341 e. The molecule has 0 aromatic heterocycles. The maximum Gasteiger partial charge on any atom is 0.256 e. The van der Waals surface area contributed by atoms with Gasteiger partial charge in [0.05, 0.1) is 5.56 Å². The van der Waals surface area contributed by atoms with Crippen LogP contribution in [-0.4, -0.2) is 60.9 Å². The molecular weight excluding hydrogens is 333 g/mol. The summed E-state index contributed by atoms with van der Waals surface area (Å²) in [6, 6.07) is 6.08. The monoisotopic (exact) mass is 361 g/mol. The fourth-order valence-corrected chi connectivity index (χ4v) is 3.83. The number of hydrogen-bond acceptors (Lipinski definition) is 3. The lowest BCUT2D eigenvalue weighted by atomic mass is 9.93. The third-order valence-corrected chi connectivity index (χ3v) is 5.47. The Bertz CT molecular complexity index is 631. The van der Waals surface area contributed by atoms with Crippen molar-refractivity contribution in [3.8, 4) is 0 Å². The van der Waals surface area contributed by atoms with Crippen LogP contribution >= 0.6 is 0 Å². The van der Waals surface area contributed by atoms with Crippen molar-refractivity contribution < 1.29 is 14.0 Å². The number of carbonyl (C=O) groups excluding carboxylic acids is 2. The fraction of sp³-hybridized carbons (Fsp3) is 0.600. The predicted molar refractivity (Wildman–Crippen MR) is 98.3 cm³/mol. The Balaban J connectivity index is 1.50. The second-order valence-electron chi connectivity index (χ2n) is 7.24. The van der Waals surface area contributed by atoms with Crippen LogP contribution in [0.2, 0.25) is 0 Å². The first-order valence-electron chi connectivity index (χ1n) is 9.67. The van der Waals surface area contributed by atoms with E-state index in [0.29, 0.717) is 38.5 Å². The van der Waals surface area contributed by atoms with Crippen molar-refractivity contribution in [2.75, 3.05) is 39.3 Å². The quantitative estimate of drug-likeness (QED) is 0.895. The van der Waals surface area contributed by atoms with E-state index in [1.54, 1.807) is 17.0 Å². The number of nitrogens with one attached hydrogen (secondary N) is 1. The van der Waals surface area contributed by atoms with Crippen molar-refractivity contribution in [1.82, 2.24) is 15.1 Å². The highest BCUT2D eigenvalue weighted by Gasteiger charge is 2.24. The molecule has 1 aromatic carbocycles. The standard InChI is InChI=1S/C20H28FN3O2/c21-18-5-2-1-4-17(18)20(26)24-13-3-12-23(14-15-24)19(25)7-6-16-8-10-22-11-9-16/h1-2,4-5,16,22H,3,6-15H2. The van der Waals surface area contributed by atoms with Gasteiger partial charge in [-0.1, -0.05) is 12.1 Å². The predicted octanol–water partition coefficient (Wildman–Crippen LogP) is 2.28. The number of halogens is 1. The Labute approximate surface area is 154 Å². The molecule has 0 radical (unpaired) electrons. The summed E-state index contributed by atoms with van der Waals surface area (Å²) in [6.07, 6.45) is 4.58. The van der Waals surface area contributed by atoms with Crippen molar-refractivity contribution in [2.24, 2.45) is 5.92 Å². The summed E-state index contributed by atoms with van der Waals surface area (Å²) in [5, 5.41) is 3.35. The van der Waals surface area contributed by atoms with Gasteiger partial charge in [-0.3, -0.25) is 9.59 Å². The molecule has 3 rings (SSSR count). The zero-order chi connectivity index (χ0) is 18.4. The van der Waals surface area contributed by atoms with Gasteiger partial charge in [0.1, 0.15) is 5.82 Å². The van der Waals surface area contributed by atoms with Crippen molar-refractivity contribution in [1.29, 1.82) is 0 Å². The summed E-state index contributed by atoms with van der Waals surface area (Å²) in [5.74, 6) is 0.0544. The average Bonchev–Trinajstić information content (AvgIpc) is 2.93. The number of benzene rings is 1. The number of piperidine rings is 1. The van der Waals surface area contributed by atoms with E-state index < -0.39 is 5.82 Å². The van der Waals surface area contributed by atoms with Crippen LogP contribution in [0.1, 0.15) is 42.5 Å². The molecule has 0 saturated carbocycles. The Morgan fingerprint density at radius 2 is 1.73 bits per heavy atom. The third-order valence-electron chi connectivity index (χ3n) is 5.47. The second kappa shape index (κ2) is 9.12. The molecule has 2 heterocycles. The van der Waals surface area contributed by atoms with Gasteiger partial charge in [0.25, 0.3) is 5.91 Å². The van der Waals surface area contributed by atoms with Crippen LogP contribution < -0.4 is 5.32 Å². The van der Waals surface area contributed by atoms with E-state index in [4.69, 9.17) is 0 Å². The normalized spacial score (nSPS) is 19.3. The molecule has 2 aliphatic heterocycles. The molecule has 0 spiro atoms. The summed E-state index contributed by atoms with van der Waals surface area (Å²) in [5.41, 5.74) is 0.109. The number of rotatable bonds is 4. The lowest BCUT2D eigenvalue weighted by Gasteiger charge is -2.25. The summed E-state index contributed by atoms with van der Waals surface area (Å²) >= 11 is 0. The average molecular weight is 361 g/mol. The van der Waals surface area contributed by atoms with Crippen molar-refractivity contribution in [3.63, 3.8) is 0 Å². The fourth-order valence-electron chi connectivity index (χ4n) is 3.83. The molecule has 2 fully saturated rings. The summed E-state index contributed by atoms with van der Waals surface area (Å²) in [4.78, 5) is 28.6. The molecule has 0 atom stereocenters. The number of nitrogens with zero attached hydrogens (tertiary/aromatic N) is 2. The zero-order valence-corrected chi connectivity index (χ0v) is 15.3. The number of amides is 2. The molecule has 2 amide bonds. The Morgan fingerprint density at radius 1 is 1.04 bits per heavy atom. The van der Waals surface area contributed by atoms with Gasteiger partial charge in [0.2, 0.25) is 5.91 Å². The molecule has 0 bridgehead atoms. The molecule has 5 nitrogen and oxygen atoms in total. The van der Waals surface area contributed by atoms with E-state index in [0.717, 1.165) is 38.8 Å². The van der Waals surface area contributed by atoms with E-state index in [1.165, 1.54) is 12.1 Å². The molecule has 2 aliphatic rings. The molecule has 0 unspecified atom stereocenters. The van der Waals surface area contributed by atoms with Gasteiger partial charge in [-0.25, -0.2) is 4.39 Å². The van der Waals surface area contributed by atoms with Crippen molar-refractivity contribution in [3.05, 3.63) is 35.6 Å². The molecule has 26 heavy (non-hydrogen) atoms. The summed E-state index contributed by atoms with van der Waals surface area (Å²) < 4.78 is 13.9. The van der Waals surface area contributed by atoms with E-state index >= 15 is 0 Å². The van der Waals surface area contributed by atoms with E-state index in [1.807, 2.05) is 4.90 Å². The Kier molecular flexibility index (Phi) is 6.61. The highest BCUT2D eigenvalue weighted by molar-refractivity contribution is 5.94. The maximum absolute atomic E-state index is 13.9. The van der Waals surface area contributed by atoms with E-state index in [9.17, 15) is 14.0 Å². The van der Waals surface area contributed by atoms with Crippen LogP contribution in [0.3, 0.4) is 0 Å². The third kappa shape index (κ3) is 4.81. The molecule has 1 aromatic rings. The Hall–Kier alpha value is -1.95. The van der Waals surface area contributed by atoms with Gasteiger partial charge < -0.3 is 15.1 Å². The minimum atomic E-state index is -0.489. The smallest absolute Gasteiger partial charge is 0.256 e. The first-order valence-corrected chi connectivity index (χ1v) is 9.67. The van der Waals surface area contributed by atoms with Gasteiger partial charge in [-0.2, -0.15) is 0 Å². The SMILES string of the molecule is O=C(CCC1CCNCC1)N1CCCN(C(=O)c2ccccc2F)CC1. The lowest BCUT2D eigenvalue weighted by Crippen LogP contribution is -2.38. The lowest BCUT2D eigenvalue weighted by molar-refractivity contribution is -0.131. The molecule has 142 valence electrons. The first-order chi connectivity index (χ1) is 12.6. The molecule has 1 N–H and O–H groups in total. The maximum atomic E-state index is 13.9. The Morgan fingerprint density at radius 3 is 2.50 bits per heavy atom. The van der Waals surface area contributed by atoms with Crippen LogP contribution in [0.5, 0.6) is 0 Å². The highest BCUT2D eigenvalue weighted by atomic mass is 19.1. The van der Waals surface area contributed by atoms with Crippen LogP contribution in [0, 0.1) is 11.7 Å². The number of hydrogen-bond donors (Lipinski definition) is 1. The van der Waals surface area contributed by atoms with Gasteiger partial charge in [-0.15, -0.1) is 0 Å². The summed E-state index contributed by atoms with van der Waals surface area (Å²) in [7, 11) is 0. The number of carbonyl (C=O) groups is 2. The van der Waals surface area contributed by atoms with Crippen LogP contribution in [0.4, 0.5) is 4.39 Å². The first kappa shape index (κ1) is 18.8. The molecule has 6 heteroatoms.